The molecule has 8 N–H and O–H groups in total. The monoisotopic (exact) mass is 766 g/mol. The number of benzene rings is 2. The van der Waals surface area contributed by atoms with Crippen LogP contribution in [0.5, 0.6) is 0 Å². The zero-order valence-corrected chi connectivity index (χ0v) is 29.9. The molecule has 4 rings (SSSR count). The molecule has 2 aromatic heterocycles. The summed E-state index contributed by atoms with van der Waals surface area (Å²) in [6, 6.07) is 25.2. The number of amides is 1. The molecular weight excluding hydrogens is 717 g/mol. The molecule has 1 amide bonds. The van der Waals surface area contributed by atoms with E-state index < -0.39 is 21.8 Å². The predicted octanol–water partition coefficient (Wildman–Crippen LogP) is 6.64. The van der Waals surface area contributed by atoms with Gasteiger partial charge in [0.25, 0.3) is 10.1 Å². The summed E-state index contributed by atoms with van der Waals surface area (Å²) in [5.41, 5.74) is 19.7. The first-order chi connectivity index (χ1) is 24.4. The standard InChI is InChI=1S/C19H23N5O3.C14H15N5O.CH4O3S.2CH4/c1-19(2,3)27-18(26)21-12-15(25)11-14-9-10-16(17(20)22-14)24-23-13-7-5-4-6-8-13;15-9-12(20)8-11-6-7-13(14(16)17-11)19-18-10-4-2-1-3-5-10;1-5(2,3)4;;/h4-10H,11-12H2,1-3H3,(H2,20,22)(H,21,26);1-7H,8-9,15H2,(H2,16,17);1H3,(H,2,3,4);2*1H4. The van der Waals surface area contributed by atoms with E-state index >= 15 is 0 Å². The first kappa shape index (κ1) is 48.0. The molecule has 0 aliphatic carbocycles. The van der Waals surface area contributed by atoms with E-state index in [-0.39, 0.29) is 64.0 Å². The van der Waals surface area contributed by atoms with Crippen molar-refractivity contribution in [3.8, 4) is 0 Å². The number of ketones is 2. The van der Waals surface area contributed by atoms with Gasteiger partial charge in [-0.2, -0.15) is 18.6 Å². The Morgan fingerprint density at radius 1 is 0.722 bits per heavy atom. The Kier molecular flexibility index (Phi) is 20.9. The van der Waals surface area contributed by atoms with Crippen LogP contribution in [0.3, 0.4) is 0 Å². The van der Waals surface area contributed by atoms with E-state index in [1.165, 1.54) is 0 Å². The molecule has 0 fully saturated rings. The molecule has 0 radical (unpaired) electrons. The molecule has 0 spiro atoms. The van der Waals surface area contributed by atoms with Crippen LogP contribution in [0, 0.1) is 0 Å². The van der Waals surface area contributed by atoms with Crippen LogP contribution in [0.1, 0.15) is 47.0 Å². The van der Waals surface area contributed by atoms with Gasteiger partial charge in [-0.3, -0.25) is 14.1 Å². The Hall–Kier alpha value is -5.98. The highest BCUT2D eigenvalue weighted by Crippen LogP contribution is 2.24. The minimum Gasteiger partial charge on any atom is -0.444 e. The fourth-order valence-electron chi connectivity index (χ4n) is 3.62. The second-order valence-electron chi connectivity index (χ2n) is 11.7. The minimum absolute atomic E-state index is 0. The zero-order valence-electron chi connectivity index (χ0n) is 29.1. The van der Waals surface area contributed by atoms with Crippen LogP contribution in [-0.4, -0.2) is 65.5 Å². The number of hydrogen-bond donors (Lipinski definition) is 5. The molecule has 0 unspecified atom stereocenters. The van der Waals surface area contributed by atoms with Crippen LogP contribution in [0.15, 0.2) is 105 Å². The van der Waals surface area contributed by atoms with Crippen molar-refractivity contribution in [2.24, 2.45) is 26.2 Å². The fraction of sp³-hybridized carbons (Fsp3) is 0.306. The Balaban J connectivity index is 0.000000920. The fourth-order valence-corrected chi connectivity index (χ4v) is 3.62. The van der Waals surface area contributed by atoms with E-state index in [0.29, 0.717) is 34.7 Å². The minimum atomic E-state index is -3.67. The maximum Gasteiger partial charge on any atom is 0.408 e. The molecule has 17 nitrogen and oxygen atoms in total. The lowest BCUT2D eigenvalue weighted by Gasteiger charge is -2.19. The largest absolute Gasteiger partial charge is 0.444 e. The summed E-state index contributed by atoms with van der Waals surface area (Å²) in [5, 5.41) is 18.7. The molecule has 0 saturated carbocycles. The third-order valence-electron chi connectivity index (χ3n) is 5.79. The van der Waals surface area contributed by atoms with Crippen LogP contribution in [0.25, 0.3) is 0 Å². The van der Waals surface area contributed by atoms with Crippen molar-refractivity contribution in [1.29, 1.82) is 0 Å². The number of pyridine rings is 2. The quantitative estimate of drug-likeness (QED) is 0.0793. The molecule has 54 heavy (non-hydrogen) atoms. The van der Waals surface area contributed by atoms with Crippen LogP contribution in [0.4, 0.5) is 39.2 Å². The summed E-state index contributed by atoms with van der Waals surface area (Å²) in [6.07, 6.45) is 0.292. The molecule has 0 atom stereocenters. The molecule has 2 aromatic carbocycles. The van der Waals surface area contributed by atoms with Gasteiger partial charge in [-0.15, -0.1) is 10.2 Å². The first-order valence-electron chi connectivity index (χ1n) is 15.5. The van der Waals surface area contributed by atoms with Gasteiger partial charge in [0.05, 0.1) is 54.9 Å². The molecule has 0 aliphatic rings. The number of nitrogens with zero attached hydrogens (tertiary/aromatic N) is 6. The number of ether oxygens (including phenoxy) is 1. The number of anilines is 2. The van der Waals surface area contributed by atoms with Crippen LogP contribution in [0.2, 0.25) is 0 Å². The van der Waals surface area contributed by atoms with E-state index in [9.17, 15) is 22.8 Å². The number of alkyl carbamates (subject to hydrolysis) is 1. The van der Waals surface area contributed by atoms with Crippen molar-refractivity contribution < 1.29 is 32.1 Å². The lowest BCUT2D eigenvalue weighted by Crippen LogP contribution is -2.35. The zero-order chi connectivity index (χ0) is 38.7. The molecule has 292 valence electrons. The molecule has 18 heteroatoms. The van der Waals surface area contributed by atoms with E-state index in [1.807, 2.05) is 60.7 Å². The van der Waals surface area contributed by atoms with E-state index in [0.717, 1.165) is 5.69 Å². The van der Waals surface area contributed by atoms with Gasteiger partial charge in [0.15, 0.2) is 23.2 Å². The number of nitrogens with one attached hydrogen (secondary N) is 1. The molecular formula is C36H50N10O7S. The van der Waals surface area contributed by atoms with E-state index in [2.05, 4.69) is 35.7 Å². The van der Waals surface area contributed by atoms with Gasteiger partial charge in [-0.05, 0) is 69.3 Å². The molecule has 4 aromatic rings. The van der Waals surface area contributed by atoms with Crippen molar-refractivity contribution in [3.05, 3.63) is 96.3 Å². The number of nitrogens with two attached hydrogens (primary N) is 3. The van der Waals surface area contributed by atoms with Crippen molar-refractivity contribution in [1.82, 2.24) is 15.3 Å². The summed E-state index contributed by atoms with van der Waals surface area (Å²) in [5.74, 6) is 0.120. The molecule has 2 heterocycles. The number of azo groups is 2. The number of carbonyl (C=O) groups is 3. The third-order valence-corrected chi connectivity index (χ3v) is 5.79. The maximum atomic E-state index is 12.0. The van der Waals surface area contributed by atoms with Gasteiger partial charge in [0.2, 0.25) is 0 Å². The Morgan fingerprint density at radius 2 is 1.11 bits per heavy atom. The van der Waals surface area contributed by atoms with Gasteiger partial charge in [-0.1, -0.05) is 51.3 Å². The number of hydrogen-bond acceptors (Lipinski definition) is 15. The summed E-state index contributed by atoms with van der Waals surface area (Å²) in [4.78, 5) is 43.1. The van der Waals surface area contributed by atoms with E-state index in [1.54, 1.807) is 45.0 Å². The second-order valence-corrected chi connectivity index (χ2v) is 13.2. The summed E-state index contributed by atoms with van der Waals surface area (Å²) < 4.78 is 30.9. The van der Waals surface area contributed by atoms with E-state index in [4.69, 9.17) is 26.5 Å². The summed E-state index contributed by atoms with van der Waals surface area (Å²) >= 11 is 0. The lowest BCUT2D eigenvalue weighted by atomic mass is 10.2. The maximum absolute atomic E-state index is 12.0. The lowest BCUT2D eigenvalue weighted by molar-refractivity contribution is -0.118. The summed E-state index contributed by atoms with van der Waals surface area (Å²) in [6.45, 7) is 5.09. The highest BCUT2D eigenvalue weighted by Gasteiger charge is 2.17. The van der Waals surface area contributed by atoms with Crippen molar-refractivity contribution in [3.63, 3.8) is 0 Å². The van der Waals surface area contributed by atoms with Gasteiger partial charge in [0.1, 0.15) is 17.0 Å². The topological polar surface area (TPSA) is 280 Å². The van der Waals surface area contributed by atoms with Gasteiger partial charge >= 0.3 is 6.09 Å². The normalized spacial score (nSPS) is 10.8. The smallest absolute Gasteiger partial charge is 0.408 e. The number of Topliss-reactive ketones (excluding diaryl/α,β-unsaturated/α-hetero) is 2. The van der Waals surface area contributed by atoms with Crippen molar-refractivity contribution in [2.45, 2.75) is 54.1 Å². The highest BCUT2D eigenvalue weighted by molar-refractivity contribution is 7.85. The number of carbonyl (C=O) groups excluding carboxylic acids is 3. The first-order valence-corrected chi connectivity index (χ1v) is 17.3. The SMILES string of the molecule is C.C.CC(C)(C)OC(=O)NCC(=O)Cc1ccc(N=Nc2ccccc2)c(N)n1.CS(=O)(=O)O.NCC(=O)Cc1ccc(N=Nc2ccccc2)c(N)n1. The second kappa shape index (κ2) is 23.6. The van der Waals surface area contributed by atoms with Crippen LogP contribution < -0.4 is 22.5 Å². The molecule has 0 bridgehead atoms. The molecule has 0 aliphatic heterocycles. The van der Waals surface area contributed by atoms with Crippen molar-refractivity contribution >= 4 is 62.2 Å². The van der Waals surface area contributed by atoms with Crippen LogP contribution >= 0.6 is 0 Å². The summed E-state index contributed by atoms with van der Waals surface area (Å²) in [7, 11) is -3.67. The number of rotatable bonds is 11. The Labute approximate surface area is 316 Å². The predicted molar refractivity (Wildman–Crippen MR) is 210 cm³/mol. The third kappa shape index (κ3) is 21.4. The number of aromatic nitrogens is 2. The Morgan fingerprint density at radius 3 is 1.46 bits per heavy atom. The highest BCUT2D eigenvalue weighted by atomic mass is 32.2. The molecule has 0 saturated heterocycles. The van der Waals surface area contributed by atoms with Crippen LogP contribution in [-0.2, 0) is 37.3 Å². The average Bonchev–Trinajstić information content (AvgIpc) is 3.06. The van der Waals surface area contributed by atoms with Crippen molar-refractivity contribution in [2.75, 3.05) is 30.8 Å². The Bertz CT molecular complexity index is 1950. The van der Waals surface area contributed by atoms with Gasteiger partial charge < -0.3 is 27.3 Å². The number of nitrogen functional groups attached to an aromatic ring is 2. The van der Waals surface area contributed by atoms with Gasteiger partial charge in [0, 0.05) is 0 Å². The van der Waals surface area contributed by atoms with Gasteiger partial charge in [-0.25, -0.2) is 14.8 Å². The average molecular weight is 767 g/mol.